The van der Waals surface area contributed by atoms with Gasteiger partial charge in [0.1, 0.15) is 12.0 Å². The lowest BCUT2D eigenvalue weighted by Crippen LogP contribution is -2.33. The zero-order chi connectivity index (χ0) is 11.3. The highest BCUT2D eigenvalue weighted by molar-refractivity contribution is 9.09. The van der Waals surface area contributed by atoms with Gasteiger partial charge in [-0.05, 0) is 19.4 Å². The van der Waals surface area contributed by atoms with Gasteiger partial charge in [0.2, 0.25) is 0 Å². The van der Waals surface area contributed by atoms with Gasteiger partial charge in [-0.2, -0.15) is 0 Å². The van der Waals surface area contributed by atoms with Crippen LogP contribution in [0, 0.1) is 6.92 Å². The Morgan fingerprint density at radius 2 is 2.27 bits per heavy atom. The standard InChI is InChI=1S/C11H16BrNO2/c1-3-5-13(6-4-12)11(14)10-7-9(2)15-8-10/h7-8H,3-6H2,1-2H3. The Balaban J connectivity index is 2.71. The van der Waals surface area contributed by atoms with Crippen LogP contribution in [0.25, 0.3) is 0 Å². The molecule has 0 aliphatic carbocycles. The number of nitrogens with zero attached hydrogens (tertiary/aromatic N) is 1. The Labute approximate surface area is 98.6 Å². The van der Waals surface area contributed by atoms with Crippen LogP contribution in [0.1, 0.15) is 29.5 Å². The molecule has 3 nitrogen and oxygen atoms in total. The van der Waals surface area contributed by atoms with Crippen molar-refractivity contribution < 1.29 is 9.21 Å². The number of aryl methyl sites for hydroxylation is 1. The van der Waals surface area contributed by atoms with Gasteiger partial charge in [0, 0.05) is 18.4 Å². The van der Waals surface area contributed by atoms with Crippen molar-refractivity contribution in [3.8, 4) is 0 Å². The Morgan fingerprint density at radius 3 is 2.73 bits per heavy atom. The summed E-state index contributed by atoms with van der Waals surface area (Å²) in [7, 11) is 0. The third-order valence-corrected chi connectivity index (χ3v) is 2.47. The summed E-state index contributed by atoms with van der Waals surface area (Å²) in [5.74, 6) is 0.821. The van der Waals surface area contributed by atoms with Gasteiger partial charge in [0.05, 0.1) is 5.56 Å². The van der Waals surface area contributed by atoms with Crippen LogP contribution in [0.2, 0.25) is 0 Å². The molecule has 0 atom stereocenters. The van der Waals surface area contributed by atoms with Crippen LogP contribution >= 0.6 is 15.9 Å². The summed E-state index contributed by atoms with van der Waals surface area (Å²) in [5, 5.41) is 0.801. The lowest BCUT2D eigenvalue weighted by molar-refractivity contribution is 0.0765. The molecule has 0 aromatic carbocycles. The summed E-state index contributed by atoms with van der Waals surface area (Å²) in [6.45, 7) is 5.42. The lowest BCUT2D eigenvalue weighted by atomic mass is 10.2. The number of amides is 1. The largest absolute Gasteiger partial charge is 0.469 e. The first-order valence-corrected chi connectivity index (χ1v) is 6.21. The van der Waals surface area contributed by atoms with Crippen LogP contribution in [0.3, 0.4) is 0 Å². The van der Waals surface area contributed by atoms with E-state index in [0.717, 1.165) is 30.6 Å². The average molecular weight is 274 g/mol. The Kier molecular flexibility index (Phi) is 4.88. The predicted molar refractivity (Wildman–Crippen MR) is 63.4 cm³/mol. The van der Waals surface area contributed by atoms with Crippen LogP contribution in [0.5, 0.6) is 0 Å². The van der Waals surface area contributed by atoms with Gasteiger partial charge in [-0.25, -0.2) is 0 Å². The number of furan rings is 1. The van der Waals surface area contributed by atoms with Crippen molar-refractivity contribution in [1.82, 2.24) is 4.90 Å². The van der Waals surface area contributed by atoms with Crippen molar-refractivity contribution in [2.75, 3.05) is 18.4 Å². The van der Waals surface area contributed by atoms with Gasteiger partial charge in [-0.1, -0.05) is 22.9 Å². The molecule has 0 saturated heterocycles. The smallest absolute Gasteiger partial charge is 0.257 e. The quantitative estimate of drug-likeness (QED) is 0.773. The third kappa shape index (κ3) is 3.38. The van der Waals surface area contributed by atoms with E-state index in [1.165, 1.54) is 6.26 Å². The molecule has 0 saturated carbocycles. The number of alkyl halides is 1. The summed E-state index contributed by atoms with van der Waals surface area (Å²) >= 11 is 3.35. The fraction of sp³-hybridized carbons (Fsp3) is 0.545. The van der Waals surface area contributed by atoms with Gasteiger partial charge in [0.25, 0.3) is 5.91 Å². The average Bonchev–Trinajstić information content (AvgIpc) is 2.63. The fourth-order valence-electron chi connectivity index (χ4n) is 1.43. The van der Waals surface area contributed by atoms with Crippen molar-refractivity contribution in [2.45, 2.75) is 20.3 Å². The zero-order valence-corrected chi connectivity index (χ0v) is 10.7. The molecule has 1 aromatic rings. The van der Waals surface area contributed by atoms with Crippen molar-refractivity contribution in [3.63, 3.8) is 0 Å². The molecule has 4 heteroatoms. The Hall–Kier alpha value is -0.770. The normalized spacial score (nSPS) is 10.3. The molecular formula is C11H16BrNO2. The Morgan fingerprint density at radius 1 is 1.53 bits per heavy atom. The van der Waals surface area contributed by atoms with E-state index in [2.05, 4.69) is 22.9 Å². The van der Waals surface area contributed by atoms with Crippen LogP contribution in [-0.4, -0.2) is 29.2 Å². The number of halogens is 1. The van der Waals surface area contributed by atoms with Gasteiger partial charge < -0.3 is 9.32 Å². The zero-order valence-electron chi connectivity index (χ0n) is 9.12. The lowest BCUT2D eigenvalue weighted by Gasteiger charge is -2.19. The first-order chi connectivity index (χ1) is 7.19. The molecule has 0 fully saturated rings. The van der Waals surface area contributed by atoms with Gasteiger partial charge in [-0.15, -0.1) is 0 Å². The molecule has 0 N–H and O–H groups in total. The van der Waals surface area contributed by atoms with Gasteiger partial charge in [-0.3, -0.25) is 4.79 Å². The molecule has 0 unspecified atom stereocenters. The van der Waals surface area contributed by atoms with Gasteiger partial charge >= 0.3 is 0 Å². The highest BCUT2D eigenvalue weighted by Gasteiger charge is 2.15. The summed E-state index contributed by atoms with van der Waals surface area (Å²) in [5.41, 5.74) is 0.641. The van der Waals surface area contributed by atoms with E-state index in [9.17, 15) is 4.79 Å². The van der Waals surface area contributed by atoms with Crippen LogP contribution in [0.4, 0.5) is 0 Å². The molecular weight excluding hydrogens is 258 g/mol. The van der Waals surface area contributed by atoms with E-state index >= 15 is 0 Å². The summed E-state index contributed by atoms with van der Waals surface area (Å²) < 4.78 is 5.13. The van der Waals surface area contributed by atoms with Gasteiger partial charge in [0.15, 0.2) is 0 Å². The number of carbonyl (C=O) groups is 1. The van der Waals surface area contributed by atoms with E-state index in [4.69, 9.17) is 4.42 Å². The molecule has 0 bridgehead atoms. The topological polar surface area (TPSA) is 33.5 Å². The third-order valence-electron chi connectivity index (χ3n) is 2.11. The summed E-state index contributed by atoms with van der Waals surface area (Å²) in [6, 6.07) is 1.78. The minimum Gasteiger partial charge on any atom is -0.469 e. The molecule has 0 aliphatic rings. The minimum absolute atomic E-state index is 0.0492. The number of hydrogen-bond donors (Lipinski definition) is 0. The first kappa shape index (κ1) is 12.3. The first-order valence-electron chi connectivity index (χ1n) is 5.09. The van der Waals surface area contributed by atoms with Crippen LogP contribution in [0.15, 0.2) is 16.7 Å². The molecule has 0 aliphatic heterocycles. The van der Waals surface area contributed by atoms with E-state index in [1.807, 2.05) is 11.8 Å². The molecule has 1 heterocycles. The van der Waals surface area contributed by atoms with E-state index in [0.29, 0.717) is 5.56 Å². The van der Waals surface area contributed by atoms with E-state index in [-0.39, 0.29) is 5.91 Å². The number of hydrogen-bond acceptors (Lipinski definition) is 2. The Bertz CT molecular complexity index is 316. The van der Waals surface area contributed by atoms with Crippen molar-refractivity contribution in [1.29, 1.82) is 0 Å². The fourth-order valence-corrected chi connectivity index (χ4v) is 1.85. The maximum absolute atomic E-state index is 12.0. The molecule has 1 rings (SSSR count). The number of rotatable bonds is 5. The van der Waals surface area contributed by atoms with Crippen molar-refractivity contribution >= 4 is 21.8 Å². The number of carbonyl (C=O) groups excluding carboxylic acids is 1. The SMILES string of the molecule is CCCN(CCBr)C(=O)c1coc(C)c1. The molecule has 84 valence electrons. The molecule has 15 heavy (non-hydrogen) atoms. The maximum atomic E-state index is 12.0. The second-order valence-electron chi connectivity index (χ2n) is 3.43. The molecule has 1 amide bonds. The molecule has 0 spiro atoms. The molecule has 0 radical (unpaired) electrons. The minimum atomic E-state index is 0.0492. The van der Waals surface area contributed by atoms with Crippen LogP contribution in [-0.2, 0) is 0 Å². The van der Waals surface area contributed by atoms with E-state index in [1.54, 1.807) is 6.07 Å². The highest BCUT2D eigenvalue weighted by Crippen LogP contribution is 2.10. The summed E-state index contributed by atoms with van der Waals surface area (Å²) in [4.78, 5) is 13.8. The van der Waals surface area contributed by atoms with Crippen LogP contribution < -0.4 is 0 Å². The maximum Gasteiger partial charge on any atom is 0.257 e. The second-order valence-corrected chi connectivity index (χ2v) is 4.22. The summed E-state index contributed by atoms with van der Waals surface area (Å²) in [6.07, 6.45) is 2.49. The van der Waals surface area contributed by atoms with E-state index < -0.39 is 0 Å². The highest BCUT2D eigenvalue weighted by atomic mass is 79.9. The molecule has 1 aromatic heterocycles. The van der Waals surface area contributed by atoms with Crippen molar-refractivity contribution in [3.05, 3.63) is 23.7 Å². The second kappa shape index (κ2) is 5.95. The van der Waals surface area contributed by atoms with Crippen molar-refractivity contribution in [2.24, 2.45) is 0 Å². The predicted octanol–water partition coefficient (Wildman–Crippen LogP) is 2.84. The monoisotopic (exact) mass is 273 g/mol.